The highest BCUT2D eigenvalue weighted by Crippen LogP contribution is 2.27. The Morgan fingerprint density at radius 1 is 1.35 bits per heavy atom. The highest BCUT2D eigenvalue weighted by Gasteiger charge is 2.21. The average molecular weight is 324 g/mol. The molecule has 0 radical (unpaired) electrons. The lowest BCUT2D eigenvalue weighted by Crippen LogP contribution is -2.44. The third-order valence-electron chi connectivity index (χ3n) is 3.13. The van der Waals surface area contributed by atoms with Crippen molar-refractivity contribution in [1.29, 1.82) is 0 Å². The number of hydrogen-bond acceptors (Lipinski definition) is 2. The smallest absolute Gasteiger partial charge is 0.142 e. The maximum Gasteiger partial charge on any atom is 0.142 e. The first-order valence-electron chi connectivity index (χ1n) is 5.59. The van der Waals surface area contributed by atoms with Gasteiger partial charge in [0.2, 0.25) is 0 Å². The van der Waals surface area contributed by atoms with Crippen LogP contribution in [-0.4, -0.2) is 31.1 Å². The molecule has 0 aromatic heterocycles. The van der Waals surface area contributed by atoms with Gasteiger partial charge in [-0.2, -0.15) is 0 Å². The second-order valence-electron chi connectivity index (χ2n) is 4.10. The lowest BCUT2D eigenvalue weighted by molar-refractivity contribution is 0.182. The Morgan fingerprint density at radius 2 is 2.00 bits per heavy atom. The molecule has 0 unspecified atom stereocenters. The van der Waals surface area contributed by atoms with Crippen LogP contribution in [-0.2, 0) is 0 Å². The number of benzene rings is 1. The molecule has 0 aliphatic carbocycles. The van der Waals surface area contributed by atoms with Crippen LogP contribution >= 0.6 is 28.3 Å². The van der Waals surface area contributed by atoms with E-state index in [-0.39, 0.29) is 24.3 Å². The van der Waals surface area contributed by atoms with Gasteiger partial charge in [0.1, 0.15) is 5.82 Å². The predicted molar refractivity (Wildman–Crippen MR) is 74.2 cm³/mol. The van der Waals surface area contributed by atoms with Gasteiger partial charge in [-0.15, -0.1) is 12.4 Å². The SMILES string of the molecule is C[C@H](c1cccc(Br)c1F)N1CCNCC1.Cl. The van der Waals surface area contributed by atoms with E-state index in [0.29, 0.717) is 4.47 Å². The molecule has 1 aliphatic heterocycles. The summed E-state index contributed by atoms with van der Waals surface area (Å²) in [5.74, 6) is -0.131. The van der Waals surface area contributed by atoms with E-state index in [1.807, 2.05) is 12.1 Å². The number of nitrogens with zero attached hydrogens (tertiary/aromatic N) is 1. The van der Waals surface area contributed by atoms with E-state index in [1.165, 1.54) is 0 Å². The fourth-order valence-electron chi connectivity index (χ4n) is 2.11. The van der Waals surface area contributed by atoms with E-state index >= 15 is 0 Å². The second kappa shape index (κ2) is 6.69. The minimum absolute atomic E-state index is 0. The molecule has 1 N–H and O–H groups in total. The summed E-state index contributed by atoms with van der Waals surface area (Å²) in [5, 5.41) is 3.30. The van der Waals surface area contributed by atoms with Crippen molar-refractivity contribution in [1.82, 2.24) is 10.2 Å². The maximum absolute atomic E-state index is 13.9. The molecular weight excluding hydrogens is 307 g/mol. The van der Waals surface area contributed by atoms with Crippen LogP contribution in [0.25, 0.3) is 0 Å². The minimum atomic E-state index is -0.131. The zero-order chi connectivity index (χ0) is 11.5. The summed E-state index contributed by atoms with van der Waals surface area (Å²) >= 11 is 3.23. The molecular formula is C12H17BrClFN2. The molecule has 0 saturated carbocycles. The lowest BCUT2D eigenvalue weighted by atomic mass is 10.1. The zero-order valence-corrected chi connectivity index (χ0v) is 12.2. The van der Waals surface area contributed by atoms with E-state index in [0.717, 1.165) is 31.7 Å². The van der Waals surface area contributed by atoms with Gasteiger partial charge in [0, 0.05) is 37.8 Å². The van der Waals surface area contributed by atoms with Crippen LogP contribution in [0, 0.1) is 5.82 Å². The monoisotopic (exact) mass is 322 g/mol. The molecule has 96 valence electrons. The first kappa shape index (κ1) is 14.9. The van der Waals surface area contributed by atoms with Crippen molar-refractivity contribution in [3.8, 4) is 0 Å². The van der Waals surface area contributed by atoms with Crippen molar-refractivity contribution in [2.24, 2.45) is 0 Å². The van der Waals surface area contributed by atoms with E-state index in [1.54, 1.807) is 6.07 Å². The van der Waals surface area contributed by atoms with E-state index in [2.05, 4.69) is 33.1 Å². The molecule has 5 heteroatoms. The van der Waals surface area contributed by atoms with Gasteiger partial charge in [-0.1, -0.05) is 12.1 Å². The third kappa shape index (κ3) is 3.41. The zero-order valence-electron chi connectivity index (χ0n) is 9.75. The molecule has 0 amide bonds. The minimum Gasteiger partial charge on any atom is -0.314 e. The molecule has 17 heavy (non-hydrogen) atoms. The van der Waals surface area contributed by atoms with Crippen LogP contribution in [0.3, 0.4) is 0 Å². The van der Waals surface area contributed by atoms with Crippen LogP contribution in [0.2, 0.25) is 0 Å². The number of halogens is 3. The lowest BCUT2D eigenvalue weighted by Gasteiger charge is -2.33. The summed E-state index contributed by atoms with van der Waals surface area (Å²) in [6.45, 7) is 6.00. The fourth-order valence-corrected chi connectivity index (χ4v) is 2.49. The summed E-state index contributed by atoms with van der Waals surface area (Å²) in [6, 6.07) is 5.64. The van der Waals surface area contributed by atoms with Crippen molar-refractivity contribution >= 4 is 28.3 Å². The van der Waals surface area contributed by atoms with Gasteiger partial charge in [0.25, 0.3) is 0 Å². The Labute approximate surface area is 116 Å². The van der Waals surface area contributed by atoms with Crippen LogP contribution in [0.5, 0.6) is 0 Å². The Hall–Kier alpha value is -0.160. The predicted octanol–water partition coefficient (Wildman–Crippen LogP) is 2.98. The first-order chi connectivity index (χ1) is 7.70. The quantitative estimate of drug-likeness (QED) is 0.900. The summed E-state index contributed by atoms with van der Waals surface area (Å²) in [7, 11) is 0. The highest BCUT2D eigenvalue weighted by molar-refractivity contribution is 9.10. The highest BCUT2D eigenvalue weighted by atomic mass is 79.9. The molecule has 1 fully saturated rings. The first-order valence-corrected chi connectivity index (χ1v) is 6.38. The van der Waals surface area contributed by atoms with Gasteiger partial charge in [-0.3, -0.25) is 4.90 Å². The molecule has 2 nitrogen and oxygen atoms in total. The van der Waals surface area contributed by atoms with Crippen molar-refractivity contribution in [3.63, 3.8) is 0 Å². The standard InChI is InChI=1S/C12H16BrFN2.ClH/c1-9(16-7-5-15-6-8-16)10-3-2-4-11(13)12(10)14;/h2-4,9,15H,5-8H2,1H3;1H/t9-;/m1./s1. The Bertz CT molecular complexity index is 370. The summed E-state index contributed by atoms with van der Waals surface area (Å²) < 4.78 is 14.5. The number of hydrogen-bond donors (Lipinski definition) is 1. The largest absolute Gasteiger partial charge is 0.314 e. The van der Waals surface area contributed by atoms with Gasteiger partial charge in [-0.05, 0) is 28.9 Å². The number of piperazine rings is 1. The average Bonchev–Trinajstić information content (AvgIpc) is 2.33. The van der Waals surface area contributed by atoms with Crippen LogP contribution in [0.15, 0.2) is 22.7 Å². The van der Waals surface area contributed by atoms with Crippen LogP contribution in [0.1, 0.15) is 18.5 Å². The Morgan fingerprint density at radius 3 is 2.65 bits per heavy atom. The normalized spacial score (nSPS) is 18.5. The molecule has 1 aromatic carbocycles. The Balaban J connectivity index is 0.00000144. The summed E-state index contributed by atoms with van der Waals surface area (Å²) in [5.41, 5.74) is 0.774. The van der Waals surface area contributed by atoms with Crippen molar-refractivity contribution < 1.29 is 4.39 Å². The maximum atomic E-state index is 13.9. The molecule has 1 aliphatic rings. The van der Waals surface area contributed by atoms with Crippen molar-refractivity contribution in [3.05, 3.63) is 34.1 Å². The molecule has 1 saturated heterocycles. The van der Waals surface area contributed by atoms with Gasteiger partial charge < -0.3 is 5.32 Å². The second-order valence-corrected chi connectivity index (χ2v) is 4.96. The third-order valence-corrected chi connectivity index (χ3v) is 3.74. The molecule has 1 heterocycles. The number of nitrogens with one attached hydrogen (secondary N) is 1. The molecule has 1 aromatic rings. The van der Waals surface area contributed by atoms with Gasteiger partial charge in [0.05, 0.1) is 4.47 Å². The van der Waals surface area contributed by atoms with Gasteiger partial charge in [-0.25, -0.2) is 4.39 Å². The van der Waals surface area contributed by atoms with Gasteiger partial charge in [0.15, 0.2) is 0 Å². The Kier molecular flexibility index (Phi) is 5.86. The fraction of sp³-hybridized carbons (Fsp3) is 0.500. The van der Waals surface area contributed by atoms with E-state index in [4.69, 9.17) is 0 Å². The summed E-state index contributed by atoms with van der Waals surface area (Å²) in [4.78, 5) is 2.31. The van der Waals surface area contributed by atoms with Crippen LogP contribution in [0.4, 0.5) is 4.39 Å². The molecule has 0 spiro atoms. The molecule has 0 bridgehead atoms. The van der Waals surface area contributed by atoms with Crippen molar-refractivity contribution in [2.45, 2.75) is 13.0 Å². The van der Waals surface area contributed by atoms with E-state index in [9.17, 15) is 4.39 Å². The van der Waals surface area contributed by atoms with Crippen molar-refractivity contribution in [2.75, 3.05) is 26.2 Å². The van der Waals surface area contributed by atoms with Gasteiger partial charge >= 0.3 is 0 Å². The molecule has 1 atom stereocenters. The topological polar surface area (TPSA) is 15.3 Å². The summed E-state index contributed by atoms with van der Waals surface area (Å²) in [6.07, 6.45) is 0. The molecule has 2 rings (SSSR count). The number of rotatable bonds is 2. The van der Waals surface area contributed by atoms with E-state index < -0.39 is 0 Å². The van der Waals surface area contributed by atoms with Crippen LogP contribution < -0.4 is 5.32 Å².